The van der Waals surface area contributed by atoms with E-state index in [1.165, 1.54) is 64.7 Å². The Balaban J connectivity index is 1.41. The van der Waals surface area contributed by atoms with Crippen LogP contribution in [-0.4, -0.2) is 63.7 Å². The van der Waals surface area contributed by atoms with Crippen LogP contribution in [-0.2, 0) is 19.1 Å². The Labute approximate surface area is 256 Å². The maximum atomic E-state index is 11.8. The first-order valence-electron chi connectivity index (χ1n) is 17.7. The summed E-state index contributed by atoms with van der Waals surface area (Å²) < 4.78 is 11.5. The molecule has 3 N–H and O–H groups in total. The zero-order valence-electron chi connectivity index (χ0n) is 27.0. The summed E-state index contributed by atoms with van der Waals surface area (Å²) in [5.41, 5.74) is 0. The summed E-state index contributed by atoms with van der Waals surface area (Å²) >= 11 is 0. The lowest BCUT2D eigenvalue weighted by Crippen LogP contribution is -2.31. The maximum absolute atomic E-state index is 11.8. The summed E-state index contributed by atoms with van der Waals surface area (Å²) in [5.74, 6) is -0.485. The van der Waals surface area contributed by atoms with Crippen LogP contribution in [0.2, 0.25) is 0 Å². The second kappa shape index (κ2) is 22.5. The van der Waals surface area contributed by atoms with Gasteiger partial charge in [-0.3, -0.25) is 4.79 Å². The highest BCUT2D eigenvalue weighted by Crippen LogP contribution is 2.29. The minimum atomic E-state index is -0.482. The van der Waals surface area contributed by atoms with Crippen molar-refractivity contribution in [3.63, 3.8) is 0 Å². The van der Waals surface area contributed by atoms with Crippen molar-refractivity contribution in [1.29, 1.82) is 0 Å². The standard InChI is InChI=1S/C35H64O7/c1-3-4-5-6-7-8-9-10-11-14-21-31(38)33-23-24-34(42-33)32(39)22-15-12-13-18-29(37)19-16-17-20-30-26-28(25-27(2)36)35(40)41-30/h28-34,37-39H,3-26H2,1-2H3/t28-,29+,30-,31-,32-,33+,34+/m1/s1. The molecule has 2 fully saturated rings. The summed E-state index contributed by atoms with van der Waals surface area (Å²) in [5, 5.41) is 31.5. The average Bonchev–Trinajstić information content (AvgIpc) is 3.58. The topological polar surface area (TPSA) is 113 Å². The second-order valence-corrected chi connectivity index (χ2v) is 13.4. The molecule has 42 heavy (non-hydrogen) atoms. The minimum Gasteiger partial charge on any atom is -0.462 e. The number of unbranched alkanes of at least 4 members (excludes halogenated alkanes) is 12. The predicted octanol–water partition coefficient (Wildman–Crippen LogP) is 7.35. The van der Waals surface area contributed by atoms with Crippen LogP contribution in [0.1, 0.15) is 168 Å². The third-order valence-electron chi connectivity index (χ3n) is 9.35. The average molecular weight is 597 g/mol. The number of hydrogen-bond donors (Lipinski definition) is 3. The molecule has 0 aromatic carbocycles. The van der Waals surface area contributed by atoms with Crippen LogP contribution in [0, 0.1) is 5.92 Å². The van der Waals surface area contributed by atoms with Crippen LogP contribution in [0.4, 0.5) is 0 Å². The molecule has 0 spiro atoms. The van der Waals surface area contributed by atoms with Crippen molar-refractivity contribution in [2.24, 2.45) is 5.92 Å². The molecule has 0 amide bonds. The molecular formula is C35H64O7. The summed E-state index contributed by atoms with van der Waals surface area (Å²) in [6.07, 6.45) is 22.3. The van der Waals surface area contributed by atoms with Crippen molar-refractivity contribution in [2.75, 3.05) is 0 Å². The van der Waals surface area contributed by atoms with Crippen molar-refractivity contribution < 1.29 is 34.4 Å². The van der Waals surface area contributed by atoms with E-state index in [0.29, 0.717) is 12.8 Å². The van der Waals surface area contributed by atoms with Gasteiger partial charge in [-0.15, -0.1) is 0 Å². The number of hydrogen-bond acceptors (Lipinski definition) is 7. The summed E-state index contributed by atoms with van der Waals surface area (Å²) in [4.78, 5) is 23.1. The zero-order valence-corrected chi connectivity index (χ0v) is 27.0. The molecule has 2 heterocycles. The zero-order chi connectivity index (χ0) is 30.6. The van der Waals surface area contributed by atoms with Crippen LogP contribution < -0.4 is 0 Å². The van der Waals surface area contributed by atoms with Crippen molar-refractivity contribution in [3.8, 4) is 0 Å². The second-order valence-electron chi connectivity index (χ2n) is 13.4. The molecule has 0 radical (unpaired) electrons. The van der Waals surface area contributed by atoms with Gasteiger partial charge in [-0.25, -0.2) is 0 Å². The van der Waals surface area contributed by atoms with Crippen molar-refractivity contribution in [2.45, 2.75) is 205 Å². The van der Waals surface area contributed by atoms with Crippen molar-refractivity contribution in [1.82, 2.24) is 0 Å². The molecule has 2 rings (SSSR count). The highest BCUT2D eigenvalue weighted by Gasteiger charge is 2.35. The smallest absolute Gasteiger partial charge is 0.309 e. The molecule has 0 bridgehead atoms. The van der Waals surface area contributed by atoms with Crippen LogP contribution in [0.25, 0.3) is 0 Å². The largest absolute Gasteiger partial charge is 0.462 e. The van der Waals surface area contributed by atoms with E-state index in [-0.39, 0.29) is 48.5 Å². The number of ketones is 1. The SMILES string of the molecule is CCCCCCCCCCCC[C@@H](O)[C@@H]1CC[C@@H]([C@H](O)CCCCC[C@H](O)CCCC[C@@H]2C[C@@H](CC(C)=O)C(=O)O2)O1. The van der Waals surface area contributed by atoms with Gasteiger partial charge in [0.05, 0.1) is 36.4 Å². The van der Waals surface area contributed by atoms with Crippen molar-refractivity contribution in [3.05, 3.63) is 0 Å². The molecule has 2 saturated heterocycles. The van der Waals surface area contributed by atoms with Gasteiger partial charge < -0.3 is 29.6 Å². The van der Waals surface area contributed by atoms with Gasteiger partial charge in [-0.05, 0) is 64.7 Å². The molecule has 2 aliphatic rings. The first kappa shape index (κ1) is 37.2. The highest BCUT2D eigenvalue weighted by molar-refractivity contribution is 5.83. The fourth-order valence-corrected chi connectivity index (χ4v) is 6.69. The van der Waals surface area contributed by atoms with Crippen LogP contribution in [0.15, 0.2) is 0 Å². The first-order chi connectivity index (χ1) is 20.3. The van der Waals surface area contributed by atoms with E-state index in [9.17, 15) is 24.9 Å². The summed E-state index contributed by atoms with van der Waals surface area (Å²) in [6.45, 7) is 3.76. The number of aliphatic hydroxyl groups excluding tert-OH is 3. The Kier molecular flexibility index (Phi) is 19.9. The van der Waals surface area contributed by atoms with Gasteiger partial charge >= 0.3 is 5.97 Å². The lowest BCUT2D eigenvalue weighted by atomic mass is 9.96. The third-order valence-corrected chi connectivity index (χ3v) is 9.35. The van der Waals surface area contributed by atoms with Gasteiger partial charge in [0.25, 0.3) is 0 Å². The van der Waals surface area contributed by atoms with Crippen molar-refractivity contribution >= 4 is 11.8 Å². The molecule has 0 aromatic rings. The van der Waals surface area contributed by atoms with E-state index in [4.69, 9.17) is 9.47 Å². The third kappa shape index (κ3) is 16.2. The molecule has 0 aromatic heterocycles. The van der Waals surface area contributed by atoms with E-state index >= 15 is 0 Å². The molecule has 7 nitrogen and oxygen atoms in total. The minimum absolute atomic E-state index is 0.0283. The lowest BCUT2D eigenvalue weighted by molar-refractivity contribution is -0.145. The number of Topliss-reactive ketones (excluding diaryl/α,β-unsaturated/α-hetero) is 1. The van der Waals surface area contributed by atoms with E-state index < -0.39 is 12.2 Å². The van der Waals surface area contributed by atoms with Gasteiger partial charge in [0.2, 0.25) is 0 Å². The van der Waals surface area contributed by atoms with Crippen LogP contribution in [0.5, 0.6) is 0 Å². The van der Waals surface area contributed by atoms with Gasteiger partial charge in [0, 0.05) is 6.42 Å². The highest BCUT2D eigenvalue weighted by atomic mass is 16.6. The number of carbonyl (C=O) groups excluding carboxylic acids is 2. The number of esters is 1. The van der Waals surface area contributed by atoms with Gasteiger partial charge in [0.1, 0.15) is 11.9 Å². The predicted molar refractivity (Wildman–Crippen MR) is 167 cm³/mol. The van der Waals surface area contributed by atoms with E-state index in [2.05, 4.69) is 6.92 Å². The fourth-order valence-electron chi connectivity index (χ4n) is 6.69. The monoisotopic (exact) mass is 596 g/mol. The Morgan fingerprint density at radius 1 is 0.738 bits per heavy atom. The summed E-state index contributed by atoms with van der Waals surface area (Å²) in [6, 6.07) is 0. The number of carbonyl (C=O) groups is 2. The number of aliphatic hydroxyl groups is 3. The Morgan fingerprint density at radius 3 is 1.76 bits per heavy atom. The molecule has 7 atom stereocenters. The van der Waals surface area contributed by atoms with Crippen LogP contribution >= 0.6 is 0 Å². The molecule has 7 heteroatoms. The van der Waals surface area contributed by atoms with E-state index in [1.54, 1.807) is 0 Å². The fraction of sp³-hybridized carbons (Fsp3) is 0.943. The quantitative estimate of drug-likeness (QED) is 0.0707. The molecule has 0 aliphatic carbocycles. The maximum Gasteiger partial charge on any atom is 0.309 e. The van der Waals surface area contributed by atoms with Gasteiger partial charge in [-0.2, -0.15) is 0 Å². The van der Waals surface area contributed by atoms with E-state index in [1.807, 2.05) is 0 Å². The molecule has 2 aliphatic heterocycles. The summed E-state index contributed by atoms with van der Waals surface area (Å²) in [7, 11) is 0. The normalized spacial score (nSPS) is 24.5. The molecule has 0 saturated carbocycles. The Hall–Kier alpha value is -1.02. The number of rotatable bonds is 26. The molecular weight excluding hydrogens is 532 g/mol. The number of ether oxygens (including phenoxy) is 2. The molecule has 0 unspecified atom stereocenters. The Bertz CT molecular complexity index is 713. The first-order valence-corrected chi connectivity index (χ1v) is 17.7. The lowest BCUT2D eigenvalue weighted by Gasteiger charge is -2.22. The molecule has 246 valence electrons. The van der Waals surface area contributed by atoms with Gasteiger partial charge in [-0.1, -0.05) is 96.8 Å². The van der Waals surface area contributed by atoms with E-state index in [0.717, 1.165) is 77.0 Å². The Morgan fingerprint density at radius 2 is 1.21 bits per heavy atom. The number of cyclic esters (lactones) is 1. The van der Waals surface area contributed by atoms with Crippen LogP contribution in [0.3, 0.4) is 0 Å². The van der Waals surface area contributed by atoms with Gasteiger partial charge in [0.15, 0.2) is 0 Å².